The Kier molecular flexibility index (Phi) is 3.82. The maximum atomic E-state index is 11.9. The molecule has 1 amide bonds. The average molecular weight is 276 g/mol. The monoisotopic (exact) mass is 275 g/mol. The Balaban J connectivity index is 2.16. The van der Waals surface area contributed by atoms with Crippen LogP contribution < -0.4 is 5.32 Å². The van der Waals surface area contributed by atoms with Crippen molar-refractivity contribution in [1.29, 1.82) is 0 Å². The molecule has 4 nitrogen and oxygen atoms in total. The maximum absolute atomic E-state index is 11.9. The van der Waals surface area contributed by atoms with Crippen molar-refractivity contribution in [3.05, 3.63) is 64.7 Å². The van der Waals surface area contributed by atoms with E-state index in [9.17, 15) is 9.59 Å². The van der Waals surface area contributed by atoms with Crippen molar-refractivity contribution in [3.63, 3.8) is 0 Å². The first-order valence-electron chi connectivity index (χ1n) is 5.47. The molecule has 96 valence electrons. The van der Waals surface area contributed by atoms with E-state index < -0.39 is 5.97 Å². The SMILES string of the molecule is O=C(O)c1ccc(C(=O)Nc2ccccc2Cl)cc1. The predicted octanol–water partition coefficient (Wildman–Crippen LogP) is 3.29. The zero-order chi connectivity index (χ0) is 13.8. The van der Waals surface area contributed by atoms with Gasteiger partial charge in [0.05, 0.1) is 16.3 Å². The van der Waals surface area contributed by atoms with Gasteiger partial charge in [0.2, 0.25) is 0 Å². The quantitative estimate of drug-likeness (QED) is 0.903. The topological polar surface area (TPSA) is 66.4 Å². The van der Waals surface area contributed by atoms with Crippen LogP contribution in [0, 0.1) is 0 Å². The third-order valence-corrected chi connectivity index (χ3v) is 2.85. The van der Waals surface area contributed by atoms with E-state index in [1.807, 2.05) is 0 Å². The molecule has 0 aromatic heterocycles. The van der Waals surface area contributed by atoms with E-state index in [1.54, 1.807) is 24.3 Å². The number of carboxylic acid groups (broad SMARTS) is 1. The largest absolute Gasteiger partial charge is 0.478 e. The first-order chi connectivity index (χ1) is 9.08. The number of aromatic carboxylic acids is 1. The highest BCUT2D eigenvalue weighted by molar-refractivity contribution is 6.33. The van der Waals surface area contributed by atoms with Gasteiger partial charge in [-0.2, -0.15) is 0 Å². The van der Waals surface area contributed by atoms with Crippen LogP contribution in [0.25, 0.3) is 0 Å². The molecular formula is C14H10ClNO3. The number of anilines is 1. The van der Waals surface area contributed by atoms with Crippen LogP contribution in [0.5, 0.6) is 0 Å². The smallest absolute Gasteiger partial charge is 0.335 e. The lowest BCUT2D eigenvalue weighted by atomic mass is 10.1. The summed E-state index contributed by atoms with van der Waals surface area (Å²) in [5, 5.41) is 11.9. The van der Waals surface area contributed by atoms with Gasteiger partial charge >= 0.3 is 5.97 Å². The highest BCUT2D eigenvalue weighted by Gasteiger charge is 2.09. The van der Waals surface area contributed by atoms with Crippen molar-refractivity contribution in [3.8, 4) is 0 Å². The van der Waals surface area contributed by atoms with Crippen molar-refractivity contribution in [1.82, 2.24) is 0 Å². The number of amides is 1. The van der Waals surface area contributed by atoms with Crippen molar-refractivity contribution in [2.45, 2.75) is 0 Å². The Hall–Kier alpha value is -2.33. The molecule has 0 radical (unpaired) electrons. The second kappa shape index (κ2) is 5.54. The average Bonchev–Trinajstić information content (AvgIpc) is 2.41. The summed E-state index contributed by atoms with van der Waals surface area (Å²) in [5.41, 5.74) is 1.01. The van der Waals surface area contributed by atoms with Crippen LogP contribution in [-0.2, 0) is 0 Å². The Morgan fingerprint density at radius 2 is 1.53 bits per heavy atom. The number of rotatable bonds is 3. The summed E-state index contributed by atoms with van der Waals surface area (Å²) in [5.74, 6) is -1.37. The number of hydrogen-bond acceptors (Lipinski definition) is 2. The fourth-order valence-electron chi connectivity index (χ4n) is 1.52. The minimum atomic E-state index is -1.03. The van der Waals surface area contributed by atoms with Crippen LogP contribution in [0.4, 0.5) is 5.69 Å². The minimum absolute atomic E-state index is 0.134. The van der Waals surface area contributed by atoms with E-state index >= 15 is 0 Å². The maximum Gasteiger partial charge on any atom is 0.335 e. The number of carbonyl (C=O) groups excluding carboxylic acids is 1. The molecule has 0 saturated carbocycles. The molecule has 2 aromatic rings. The third kappa shape index (κ3) is 3.11. The number of benzene rings is 2. The third-order valence-electron chi connectivity index (χ3n) is 2.52. The zero-order valence-electron chi connectivity index (χ0n) is 9.76. The van der Waals surface area contributed by atoms with Gasteiger partial charge in [-0.05, 0) is 36.4 Å². The fourth-order valence-corrected chi connectivity index (χ4v) is 1.70. The molecule has 2 aromatic carbocycles. The van der Waals surface area contributed by atoms with Gasteiger partial charge in [-0.25, -0.2) is 4.79 Å². The second-order valence-corrected chi connectivity index (χ2v) is 4.22. The molecule has 0 saturated heterocycles. The molecule has 0 heterocycles. The van der Waals surface area contributed by atoms with E-state index in [0.717, 1.165) is 0 Å². The first kappa shape index (κ1) is 13.1. The number of halogens is 1. The molecule has 2 N–H and O–H groups in total. The van der Waals surface area contributed by atoms with Crippen LogP contribution in [-0.4, -0.2) is 17.0 Å². The molecule has 5 heteroatoms. The standard InChI is InChI=1S/C14H10ClNO3/c15-11-3-1-2-4-12(11)16-13(17)9-5-7-10(8-6-9)14(18)19/h1-8H,(H,16,17)(H,18,19). The van der Waals surface area contributed by atoms with E-state index in [-0.39, 0.29) is 11.5 Å². The van der Waals surface area contributed by atoms with Crippen LogP contribution in [0.1, 0.15) is 20.7 Å². The molecule has 0 aliphatic carbocycles. The molecule has 19 heavy (non-hydrogen) atoms. The van der Waals surface area contributed by atoms with Gasteiger partial charge in [-0.15, -0.1) is 0 Å². The Labute approximate surface area is 114 Å². The molecular weight excluding hydrogens is 266 g/mol. The van der Waals surface area contributed by atoms with Gasteiger partial charge < -0.3 is 10.4 Å². The summed E-state index contributed by atoms with van der Waals surface area (Å²) in [4.78, 5) is 22.6. The van der Waals surface area contributed by atoms with Gasteiger partial charge in [0.25, 0.3) is 5.91 Å². The molecule has 0 spiro atoms. The van der Waals surface area contributed by atoms with Gasteiger partial charge in [0.1, 0.15) is 0 Å². The van der Waals surface area contributed by atoms with Crippen molar-refractivity contribution < 1.29 is 14.7 Å². The van der Waals surface area contributed by atoms with E-state index in [1.165, 1.54) is 24.3 Å². The summed E-state index contributed by atoms with van der Waals surface area (Å²) in [6.07, 6.45) is 0. The van der Waals surface area contributed by atoms with E-state index in [4.69, 9.17) is 16.7 Å². The van der Waals surface area contributed by atoms with Gasteiger partial charge in [-0.1, -0.05) is 23.7 Å². The van der Waals surface area contributed by atoms with Crippen molar-refractivity contribution >= 4 is 29.2 Å². The van der Waals surface area contributed by atoms with Crippen LogP contribution in [0.15, 0.2) is 48.5 Å². The number of carbonyl (C=O) groups is 2. The second-order valence-electron chi connectivity index (χ2n) is 3.82. The molecule has 0 bridgehead atoms. The summed E-state index contributed by atoms with van der Waals surface area (Å²) in [6.45, 7) is 0. The molecule has 0 aliphatic rings. The normalized spacial score (nSPS) is 9.95. The summed E-state index contributed by atoms with van der Waals surface area (Å²) >= 11 is 5.93. The lowest BCUT2D eigenvalue weighted by molar-refractivity contribution is 0.0696. The minimum Gasteiger partial charge on any atom is -0.478 e. The van der Waals surface area contributed by atoms with Crippen molar-refractivity contribution in [2.24, 2.45) is 0 Å². The Morgan fingerprint density at radius 3 is 2.11 bits per heavy atom. The predicted molar refractivity (Wildman–Crippen MR) is 72.8 cm³/mol. The van der Waals surface area contributed by atoms with Gasteiger partial charge in [0.15, 0.2) is 0 Å². The fraction of sp³-hybridized carbons (Fsp3) is 0. The zero-order valence-corrected chi connectivity index (χ0v) is 10.5. The number of para-hydroxylation sites is 1. The number of carboxylic acids is 1. The molecule has 0 unspecified atom stereocenters. The lowest BCUT2D eigenvalue weighted by Crippen LogP contribution is -2.12. The first-order valence-corrected chi connectivity index (χ1v) is 5.85. The molecule has 2 rings (SSSR count). The van der Waals surface area contributed by atoms with Crippen LogP contribution in [0.3, 0.4) is 0 Å². The number of nitrogens with one attached hydrogen (secondary N) is 1. The summed E-state index contributed by atoms with van der Waals surface area (Å²) in [6, 6.07) is 12.5. The van der Waals surface area contributed by atoms with Gasteiger partial charge in [0, 0.05) is 5.56 Å². The van der Waals surface area contributed by atoms with Crippen LogP contribution >= 0.6 is 11.6 Å². The van der Waals surface area contributed by atoms with Crippen LogP contribution in [0.2, 0.25) is 5.02 Å². The highest BCUT2D eigenvalue weighted by Crippen LogP contribution is 2.21. The Morgan fingerprint density at radius 1 is 0.947 bits per heavy atom. The molecule has 0 aliphatic heterocycles. The van der Waals surface area contributed by atoms with E-state index in [2.05, 4.69) is 5.32 Å². The summed E-state index contributed by atoms with van der Waals surface area (Å²) < 4.78 is 0. The number of hydrogen-bond donors (Lipinski definition) is 2. The highest BCUT2D eigenvalue weighted by atomic mass is 35.5. The van der Waals surface area contributed by atoms with E-state index in [0.29, 0.717) is 16.3 Å². The van der Waals surface area contributed by atoms with Crippen molar-refractivity contribution in [2.75, 3.05) is 5.32 Å². The lowest BCUT2D eigenvalue weighted by Gasteiger charge is -2.07. The molecule has 0 fully saturated rings. The Bertz CT molecular complexity index is 623. The molecule has 0 atom stereocenters. The summed E-state index contributed by atoms with van der Waals surface area (Å²) in [7, 11) is 0. The van der Waals surface area contributed by atoms with Gasteiger partial charge in [-0.3, -0.25) is 4.79 Å².